The van der Waals surface area contributed by atoms with Gasteiger partial charge in [0.05, 0.1) is 90.8 Å². The molecule has 3 aliphatic rings. The highest BCUT2D eigenvalue weighted by Crippen LogP contribution is 2.45. The molecular formula is C46H76B30N12O12. The number of aliphatic hydroxyl groups is 4. The first-order valence-corrected chi connectivity index (χ1v) is 34.7. The van der Waals surface area contributed by atoms with Crippen LogP contribution in [-0.2, 0) is 29.1 Å². The summed E-state index contributed by atoms with van der Waals surface area (Å²) in [6.07, 6.45) is 19.0. The van der Waals surface area contributed by atoms with Crippen LogP contribution in [0, 0.1) is 42.7 Å². The van der Waals surface area contributed by atoms with Gasteiger partial charge in [-0.3, -0.25) is 9.80 Å². The number of nitro groups is 3. The van der Waals surface area contributed by atoms with Crippen LogP contribution in [0.25, 0.3) is 0 Å². The fourth-order valence-electron chi connectivity index (χ4n) is 13.6. The Hall–Kier alpha value is -3.02. The lowest BCUT2D eigenvalue weighted by molar-refractivity contribution is -0.397. The number of ether oxygens (including phenoxy) is 2. The molecule has 6 atom stereocenters. The summed E-state index contributed by atoms with van der Waals surface area (Å²) in [5, 5.41) is 76.0. The summed E-state index contributed by atoms with van der Waals surface area (Å²) >= 11 is 0. The van der Waals surface area contributed by atoms with Crippen LogP contribution in [0.3, 0.4) is 0 Å². The Labute approximate surface area is 619 Å². The summed E-state index contributed by atoms with van der Waals surface area (Å²) in [5.41, 5.74) is 0. The Morgan fingerprint density at radius 2 is 0.880 bits per heavy atom. The molecule has 3 aromatic rings. The van der Waals surface area contributed by atoms with E-state index in [1.807, 2.05) is 0 Å². The van der Waals surface area contributed by atoms with E-state index in [-0.39, 0.29) is 69.8 Å². The van der Waals surface area contributed by atoms with Crippen molar-refractivity contribution in [3.05, 3.63) is 67.5 Å². The van der Waals surface area contributed by atoms with Crippen LogP contribution in [0.5, 0.6) is 0 Å². The minimum atomic E-state index is -0.822. The predicted octanol–water partition coefficient (Wildman–Crippen LogP) is -7.30. The van der Waals surface area contributed by atoms with Crippen molar-refractivity contribution in [2.45, 2.75) is 139 Å². The van der Waals surface area contributed by atoms with Crippen LogP contribution in [0.1, 0.15) is 64.2 Å². The standard InChI is InChI=1S/C18H32B10N4O6.C16H24B10N4O3.C12H20B10N4O3/c19-25(20)27(23)28(26(21)22)24-13-16(24)3-1-2-5-30(7-9-37-11-12-38-10-8-33)14-17(34)15-31-6-4-29-18(31)32(35)36;1-2-3-8-28(12-15(31)13-29-10-7-27-16(29)30(32)33)9-5-4-6-14-11-22(14)26(24(19)20)25(21)23(17)18;13-19(14)21(17)22(20(15)16)18-7-10(18)3-1-2-4-23-8-11(27)9-25-6-5-24-12(25)26(28)29/h4,6,16-17,33-34H,1-3,5,7-15H2;1,7,10,14-15,31H,3-6,8-9,11-13H2;5-6,10-11,23,27H,1-4,7-9H2. The molecule has 3 aromatic heterocycles. The maximum absolute atomic E-state index is 11.1. The first-order valence-electron chi connectivity index (χ1n) is 34.7. The third kappa shape index (κ3) is 32.4. The lowest BCUT2D eigenvalue weighted by Gasteiger charge is -2.26. The highest BCUT2D eigenvalue weighted by molar-refractivity contribution is 8.02. The molecule has 482 valence electrons. The molecule has 0 amide bonds. The monoisotopic (exact) mass is 1320 g/mol. The number of nitrogens with zero attached hydrogens (tertiary/aromatic N) is 11. The van der Waals surface area contributed by atoms with E-state index in [9.17, 15) is 45.7 Å². The van der Waals surface area contributed by atoms with Crippen molar-refractivity contribution in [1.82, 2.24) is 43.8 Å². The molecule has 30 radical (unpaired) electrons. The van der Waals surface area contributed by atoms with Crippen LogP contribution >= 0.6 is 0 Å². The highest BCUT2D eigenvalue weighted by atomic mass is 16.6. The van der Waals surface area contributed by atoms with Gasteiger partial charge in [0.1, 0.15) is 37.2 Å². The predicted molar refractivity (Wildman–Crippen MR) is 432 cm³/mol. The number of imidazole rings is 3. The molecular weight excluding hydrogens is 1240 g/mol. The molecule has 6 unspecified atom stereocenters. The molecule has 6 rings (SSSR count). The molecule has 5 N–H and O–H groups in total. The number of hydrogen-bond donors (Lipinski definition) is 5. The van der Waals surface area contributed by atoms with E-state index < -0.39 is 90.5 Å². The lowest BCUT2D eigenvalue weighted by Crippen LogP contribution is -2.63. The average molecular weight is 1310 g/mol. The fraction of sp³-hybridized carbons (Fsp3) is 0.761. The number of nitrogens with one attached hydrogen (secondary N) is 1. The largest absolute Gasteiger partial charge is 0.434 e. The van der Waals surface area contributed by atoms with E-state index in [1.54, 1.807) is 0 Å². The van der Waals surface area contributed by atoms with Crippen LogP contribution in [0.4, 0.5) is 17.8 Å². The third-order valence-electron chi connectivity index (χ3n) is 19.0. The van der Waals surface area contributed by atoms with E-state index >= 15 is 0 Å². The molecule has 3 saturated heterocycles. The van der Waals surface area contributed by atoms with Gasteiger partial charge in [-0.2, -0.15) is 0 Å². The summed E-state index contributed by atoms with van der Waals surface area (Å²) in [6, 6.07) is 0. The zero-order valence-electron chi connectivity index (χ0n) is 57.8. The van der Waals surface area contributed by atoms with Crippen LogP contribution in [-0.4, -0.2) is 390 Å². The van der Waals surface area contributed by atoms with E-state index in [1.165, 1.54) is 50.9 Å². The van der Waals surface area contributed by atoms with Crippen LogP contribution in [0.15, 0.2) is 37.2 Å². The number of hydrogen-bond acceptors (Lipinski definition) is 18. The Kier molecular flexibility index (Phi) is 42.5. The number of aromatic nitrogens is 6. The van der Waals surface area contributed by atoms with E-state index in [4.69, 9.17) is 137 Å². The van der Waals surface area contributed by atoms with Crippen molar-refractivity contribution < 1.29 is 44.7 Å². The minimum Gasteiger partial charge on any atom is -0.394 e. The Balaban J connectivity index is 0.000000321. The van der Waals surface area contributed by atoms with Gasteiger partial charge >= 0.3 is 17.8 Å². The number of rotatable bonds is 52. The van der Waals surface area contributed by atoms with Crippen LogP contribution in [0.2, 0.25) is 36.4 Å². The third-order valence-corrected chi connectivity index (χ3v) is 19.0. The summed E-state index contributed by atoms with van der Waals surface area (Å²) in [4.78, 5) is 46.5. The van der Waals surface area contributed by atoms with Crippen molar-refractivity contribution in [2.24, 2.45) is 0 Å². The SMILES string of the molecule is [B]B([B])B([B])B(B([B])[B])B1CC1CCCCN(CCC#C)CC(O)Cn1ccnc1[N+](=O)[O-].[B]B([B])B([B])B(B([B])[B])B1CC1CCCCN(CCOCCOCCO)CC(O)Cn1ccnc1[N+](=O)[O-].[B]B([B])B([B])B(B([B])[B])B1CC1CCCCNCC(O)Cn1ccnc1[N+](=O)[O-]. The Morgan fingerprint density at radius 3 is 1.22 bits per heavy atom. The van der Waals surface area contributed by atoms with Crippen molar-refractivity contribution in [3.63, 3.8) is 0 Å². The van der Waals surface area contributed by atoms with Gasteiger partial charge in [0.2, 0.25) is 0 Å². The summed E-state index contributed by atoms with van der Waals surface area (Å²) < 4.78 is 14.8. The molecule has 24 nitrogen and oxygen atoms in total. The quantitative estimate of drug-likeness (QED) is 0.0115. The second-order valence-electron chi connectivity index (χ2n) is 27.0. The molecule has 54 heteroatoms. The normalized spacial score (nSPS) is 15.8. The van der Waals surface area contributed by atoms with Crippen molar-refractivity contribution in [2.75, 3.05) is 85.4 Å². The number of aliphatic hydroxyl groups excluding tert-OH is 4. The molecule has 0 bridgehead atoms. The second kappa shape index (κ2) is 47.5. The zero-order valence-corrected chi connectivity index (χ0v) is 57.8. The molecule has 0 spiro atoms. The average Bonchev–Trinajstić information content (AvgIpc) is 1.66. The lowest BCUT2D eigenvalue weighted by atomic mass is 8.57. The van der Waals surface area contributed by atoms with E-state index in [2.05, 4.69) is 36.0 Å². The molecule has 0 saturated carbocycles. The van der Waals surface area contributed by atoms with E-state index in [0.29, 0.717) is 96.2 Å². The Morgan fingerprint density at radius 1 is 0.530 bits per heavy atom. The van der Waals surface area contributed by atoms with Gasteiger partial charge in [-0.15, -0.1) is 12.3 Å². The van der Waals surface area contributed by atoms with Crippen molar-refractivity contribution >= 4 is 230 Å². The first kappa shape index (κ1) is 89.4. The minimum absolute atomic E-state index is 0.0324. The summed E-state index contributed by atoms with van der Waals surface area (Å²) in [7, 11) is 88.4. The summed E-state index contributed by atoms with van der Waals surface area (Å²) in [5.74, 6) is 3.32. The smallest absolute Gasteiger partial charge is 0.394 e. The van der Waals surface area contributed by atoms with Gasteiger partial charge in [-0.1, -0.05) is 89.9 Å². The van der Waals surface area contributed by atoms with Gasteiger partial charge in [-0.25, -0.2) is 13.7 Å². The maximum Gasteiger partial charge on any atom is 0.434 e. The molecule has 0 aliphatic carbocycles. The molecule has 3 fully saturated rings. The molecule has 6 heterocycles. The summed E-state index contributed by atoms with van der Waals surface area (Å²) in [6.45, 7) is 7.37. The molecule has 0 aromatic carbocycles. The van der Waals surface area contributed by atoms with Crippen LogP contribution < -0.4 is 5.32 Å². The highest BCUT2D eigenvalue weighted by Gasteiger charge is 2.51. The second-order valence-corrected chi connectivity index (χ2v) is 27.0. The number of unbranched alkanes of at least 4 members (excludes halogenated alkanes) is 3. The first-order chi connectivity index (χ1) is 47.5. The maximum atomic E-state index is 11.1. The zero-order chi connectivity index (χ0) is 74.2. The Bertz CT molecular complexity index is 2840. The van der Waals surface area contributed by atoms with Gasteiger partial charge in [0.15, 0.2) is 0 Å². The molecule has 100 heavy (non-hydrogen) atoms. The van der Waals surface area contributed by atoms with E-state index in [0.717, 1.165) is 96.4 Å². The van der Waals surface area contributed by atoms with Crippen molar-refractivity contribution in [1.29, 1.82) is 0 Å². The fourth-order valence-corrected chi connectivity index (χ4v) is 13.6. The van der Waals surface area contributed by atoms with Gasteiger partial charge in [0.25, 0.3) is 0 Å². The van der Waals surface area contributed by atoms with Crippen molar-refractivity contribution in [3.8, 4) is 12.3 Å². The number of terminal acetylenes is 1. The van der Waals surface area contributed by atoms with Gasteiger partial charge < -0.3 is 65.6 Å². The van der Waals surface area contributed by atoms with Gasteiger partial charge in [-0.05, 0) is 53.7 Å². The topological polar surface area (TPSA) is 301 Å². The van der Waals surface area contributed by atoms with Gasteiger partial charge in [0, 0.05) is 232 Å². The molecule has 3 aliphatic heterocycles.